The minimum Gasteiger partial charge on any atom is -0.370 e. The van der Waals surface area contributed by atoms with Gasteiger partial charge in [0.1, 0.15) is 17.7 Å². The fourth-order valence-electron chi connectivity index (χ4n) is 1.14. The molecule has 0 amide bonds. The third-order valence-corrected chi connectivity index (χ3v) is 3.26. The predicted octanol–water partition coefficient (Wildman–Crippen LogP) is 3.36. The van der Waals surface area contributed by atoms with Crippen LogP contribution in [0.3, 0.4) is 0 Å². The van der Waals surface area contributed by atoms with Crippen molar-refractivity contribution in [2.45, 2.75) is 0 Å². The van der Waals surface area contributed by atoms with Crippen molar-refractivity contribution in [2.24, 2.45) is 0 Å². The van der Waals surface area contributed by atoms with Crippen LogP contribution in [0.1, 0.15) is 4.88 Å². The number of nitrogens with zero attached hydrogens (tertiary/aromatic N) is 3. The highest BCUT2D eigenvalue weighted by Crippen LogP contribution is 2.24. The summed E-state index contributed by atoms with van der Waals surface area (Å²) in [4.78, 5) is 3.22. The van der Waals surface area contributed by atoms with Gasteiger partial charge in [0.15, 0.2) is 0 Å². The second-order valence-corrected chi connectivity index (χ2v) is 4.71. The number of allylic oxidation sites excluding steroid dienone is 5. The van der Waals surface area contributed by atoms with Crippen LogP contribution in [0.4, 0.5) is 5.00 Å². The average molecular weight is 255 g/mol. The molecule has 0 saturated heterocycles. The summed E-state index contributed by atoms with van der Waals surface area (Å²) >= 11 is 1.70. The lowest BCUT2D eigenvalue weighted by molar-refractivity contribution is 1.16. The quantitative estimate of drug-likeness (QED) is 0.612. The van der Waals surface area contributed by atoms with Crippen LogP contribution in [0.25, 0.3) is 6.08 Å². The minimum absolute atomic E-state index is 0.102. The maximum Gasteiger partial charge on any atom is 0.129 e. The van der Waals surface area contributed by atoms with E-state index in [1.165, 1.54) is 11.1 Å². The van der Waals surface area contributed by atoms with Crippen molar-refractivity contribution >= 4 is 22.4 Å². The van der Waals surface area contributed by atoms with Gasteiger partial charge in [-0.3, -0.25) is 0 Å². The smallest absolute Gasteiger partial charge is 0.129 e. The molecule has 18 heavy (non-hydrogen) atoms. The van der Waals surface area contributed by atoms with Crippen LogP contribution in [-0.2, 0) is 0 Å². The van der Waals surface area contributed by atoms with Crippen molar-refractivity contribution in [3.05, 3.63) is 46.9 Å². The first-order valence-corrected chi connectivity index (χ1v) is 6.11. The molecule has 0 atom stereocenters. The Labute approximate surface area is 111 Å². The van der Waals surface area contributed by atoms with E-state index in [0.717, 1.165) is 4.88 Å². The van der Waals surface area contributed by atoms with Gasteiger partial charge in [0.25, 0.3) is 0 Å². The molecule has 0 bridgehead atoms. The van der Waals surface area contributed by atoms with Gasteiger partial charge in [-0.15, -0.1) is 11.3 Å². The number of thiophene rings is 1. The van der Waals surface area contributed by atoms with Gasteiger partial charge >= 0.3 is 0 Å². The standard InChI is InChI=1S/C14H13N3S/c1-17(2)14-9-8-13(18-14)7-5-3-4-6-12(10-15)11-16/h3-9H,1-2H3/b4-3+,7-5+. The van der Waals surface area contributed by atoms with Crippen molar-refractivity contribution in [2.75, 3.05) is 19.0 Å². The molecule has 4 heteroatoms. The molecule has 1 rings (SSSR count). The molecule has 0 radical (unpaired) electrons. The van der Waals surface area contributed by atoms with Gasteiger partial charge in [-0.05, 0) is 24.3 Å². The van der Waals surface area contributed by atoms with Crippen molar-refractivity contribution in [3.63, 3.8) is 0 Å². The highest BCUT2D eigenvalue weighted by molar-refractivity contribution is 7.16. The molecule has 0 aliphatic heterocycles. The zero-order chi connectivity index (χ0) is 13.4. The predicted molar refractivity (Wildman–Crippen MR) is 76.1 cm³/mol. The Hall–Kier alpha value is -2.30. The van der Waals surface area contributed by atoms with Crippen molar-refractivity contribution < 1.29 is 0 Å². The highest BCUT2D eigenvalue weighted by atomic mass is 32.1. The Balaban J connectivity index is 2.61. The molecule has 1 aromatic rings. The fraction of sp³-hybridized carbons (Fsp3) is 0.143. The molecule has 0 aliphatic carbocycles. The molecule has 3 nitrogen and oxygen atoms in total. The third-order valence-electron chi connectivity index (χ3n) is 2.04. The lowest BCUT2D eigenvalue weighted by Crippen LogP contribution is -2.05. The average Bonchev–Trinajstić information content (AvgIpc) is 2.83. The van der Waals surface area contributed by atoms with E-state index in [1.54, 1.807) is 35.6 Å². The van der Waals surface area contributed by atoms with Crippen molar-refractivity contribution in [1.29, 1.82) is 10.5 Å². The molecule has 1 aromatic heterocycles. The maximum atomic E-state index is 8.52. The molecule has 0 unspecified atom stereocenters. The number of anilines is 1. The molecular formula is C14H13N3S. The second kappa shape index (κ2) is 7.11. The summed E-state index contributed by atoms with van der Waals surface area (Å²) < 4.78 is 0. The topological polar surface area (TPSA) is 50.8 Å². The third kappa shape index (κ3) is 4.29. The number of hydrogen-bond acceptors (Lipinski definition) is 4. The van der Waals surface area contributed by atoms with E-state index < -0.39 is 0 Å². The van der Waals surface area contributed by atoms with Crippen LogP contribution in [-0.4, -0.2) is 14.1 Å². The van der Waals surface area contributed by atoms with Gasteiger partial charge in [0.05, 0.1) is 5.00 Å². The van der Waals surface area contributed by atoms with E-state index in [1.807, 2.05) is 26.2 Å². The molecule has 0 aliphatic rings. The van der Waals surface area contributed by atoms with E-state index in [9.17, 15) is 0 Å². The number of hydrogen-bond donors (Lipinski definition) is 0. The summed E-state index contributed by atoms with van der Waals surface area (Å²) in [5.41, 5.74) is 0.102. The summed E-state index contributed by atoms with van der Waals surface area (Å²) in [5.74, 6) is 0. The Morgan fingerprint density at radius 3 is 2.44 bits per heavy atom. The van der Waals surface area contributed by atoms with Gasteiger partial charge < -0.3 is 4.90 Å². The van der Waals surface area contributed by atoms with Crippen LogP contribution in [0, 0.1) is 22.7 Å². The largest absolute Gasteiger partial charge is 0.370 e. The van der Waals surface area contributed by atoms with E-state index in [-0.39, 0.29) is 5.57 Å². The highest BCUT2D eigenvalue weighted by Gasteiger charge is 1.97. The number of rotatable bonds is 4. The van der Waals surface area contributed by atoms with E-state index >= 15 is 0 Å². The Kier molecular flexibility index (Phi) is 5.44. The lowest BCUT2D eigenvalue weighted by atomic mass is 10.3. The monoisotopic (exact) mass is 255 g/mol. The zero-order valence-electron chi connectivity index (χ0n) is 10.3. The first-order chi connectivity index (χ1) is 8.67. The fourth-order valence-corrected chi connectivity index (χ4v) is 1.98. The lowest BCUT2D eigenvalue weighted by Gasteiger charge is -2.06. The zero-order valence-corrected chi connectivity index (χ0v) is 11.1. The van der Waals surface area contributed by atoms with Gasteiger partial charge in [-0.1, -0.05) is 18.2 Å². The molecular weight excluding hydrogens is 242 g/mol. The summed E-state index contributed by atoms with van der Waals surface area (Å²) in [6.45, 7) is 0. The SMILES string of the molecule is CN(C)c1ccc(/C=C/C=C/C=C(C#N)C#N)s1. The molecule has 0 fully saturated rings. The Bertz CT molecular complexity index is 547. The van der Waals surface area contributed by atoms with Gasteiger partial charge in [0.2, 0.25) is 0 Å². The number of nitriles is 2. The Morgan fingerprint density at radius 1 is 1.17 bits per heavy atom. The normalized spacial score (nSPS) is 10.2. The molecule has 90 valence electrons. The van der Waals surface area contributed by atoms with Crippen LogP contribution in [0.15, 0.2) is 42.0 Å². The van der Waals surface area contributed by atoms with Crippen LogP contribution >= 0.6 is 11.3 Å². The second-order valence-electron chi connectivity index (χ2n) is 3.62. The van der Waals surface area contributed by atoms with Crippen LogP contribution in [0.5, 0.6) is 0 Å². The molecule has 0 aromatic carbocycles. The summed E-state index contributed by atoms with van der Waals surface area (Å²) in [7, 11) is 4.02. The summed E-state index contributed by atoms with van der Waals surface area (Å²) in [6.07, 6.45) is 8.83. The van der Waals surface area contributed by atoms with Gasteiger partial charge in [-0.25, -0.2) is 0 Å². The molecule has 0 spiro atoms. The van der Waals surface area contributed by atoms with E-state index in [0.29, 0.717) is 0 Å². The molecule has 0 saturated carbocycles. The van der Waals surface area contributed by atoms with E-state index in [2.05, 4.69) is 17.0 Å². The summed E-state index contributed by atoms with van der Waals surface area (Å²) in [5, 5.41) is 18.2. The molecule has 1 heterocycles. The van der Waals surface area contributed by atoms with Crippen LogP contribution < -0.4 is 4.90 Å². The van der Waals surface area contributed by atoms with E-state index in [4.69, 9.17) is 10.5 Å². The minimum atomic E-state index is 0.102. The first-order valence-electron chi connectivity index (χ1n) is 5.29. The molecule has 0 N–H and O–H groups in total. The van der Waals surface area contributed by atoms with Crippen LogP contribution in [0.2, 0.25) is 0 Å². The van der Waals surface area contributed by atoms with Gasteiger partial charge in [0, 0.05) is 19.0 Å². The summed E-state index contributed by atoms with van der Waals surface area (Å²) in [6, 6.07) is 7.71. The van der Waals surface area contributed by atoms with Gasteiger partial charge in [-0.2, -0.15) is 10.5 Å². The Morgan fingerprint density at radius 2 is 1.89 bits per heavy atom. The first kappa shape index (κ1) is 13.8. The van der Waals surface area contributed by atoms with Crippen molar-refractivity contribution in [1.82, 2.24) is 0 Å². The van der Waals surface area contributed by atoms with Crippen molar-refractivity contribution in [3.8, 4) is 12.1 Å². The maximum absolute atomic E-state index is 8.52.